The van der Waals surface area contributed by atoms with E-state index in [4.69, 9.17) is 0 Å². The smallest absolute Gasteiger partial charge is 0.256 e. The average molecular weight is 291 g/mol. The van der Waals surface area contributed by atoms with E-state index in [1.807, 2.05) is 31.2 Å². The zero-order valence-electron chi connectivity index (χ0n) is 9.27. The summed E-state index contributed by atoms with van der Waals surface area (Å²) in [5.74, 6) is -0.145. The lowest BCUT2D eigenvalue weighted by Crippen LogP contribution is -2.13. The van der Waals surface area contributed by atoms with Crippen LogP contribution in [0.5, 0.6) is 0 Å². The molecule has 86 valence electrons. The third-order valence-corrected chi connectivity index (χ3v) is 3.10. The van der Waals surface area contributed by atoms with Gasteiger partial charge in [-0.2, -0.15) is 0 Å². The molecule has 17 heavy (non-hydrogen) atoms. The molecule has 0 aliphatic heterocycles. The van der Waals surface area contributed by atoms with Crippen LogP contribution < -0.4 is 5.32 Å². The minimum absolute atomic E-state index is 0.145. The third-order valence-electron chi connectivity index (χ3n) is 2.41. The summed E-state index contributed by atoms with van der Waals surface area (Å²) in [5.41, 5.74) is 2.32. The van der Waals surface area contributed by atoms with E-state index < -0.39 is 0 Å². The van der Waals surface area contributed by atoms with Gasteiger partial charge in [-0.25, -0.2) is 0 Å². The molecule has 0 unspecified atom stereocenters. The van der Waals surface area contributed by atoms with Crippen molar-refractivity contribution in [2.45, 2.75) is 6.92 Å². The molecule has 1 aromatic carbocycles. The molecule has 0 atom stereocenters. The molecule has 0 aliphatic rings. The molecule has 4 heteroatoms. The van der Waals surface area contributed by atoms with Crippen LogP contribution in [0.3, 0.4) is 0 Å². The van der Waals surface area contributed by atoms with Gasteiger partial charge in [-0.15, -0.1) is 0 Å². The zero-order valence-corrected chi connectivity index (χ0v) is 10.9. The topological polar surface area (TPSA) is 42.0 Å². The largest absolute Gasteiger partial charge is 0.320 e. The standard InChI is InChI=1S/C13H11BrN2O/c1-9-6-7-15-8-12(9)16-13(17)10-4-2-3-5-11(10)14/h2-8H,1H3,(H,16,17). The summed E-state index contributed by atoms with van der Waals surface area (Å²) in [7, 11) is 0. The van der Waals surface area contributed by atoms with Crippen LogP contribution in [-0.4, -0.2) is 10.9 Å². The predicted octanol–water partition coefficient (Wildman–Crippen LogP) is 3.40. The molecule has 0 aliphatic carbocycles. The van der Waals surface area contributed by atoms with E-state index >= 15 is 0 Å². The van der Waals surface area contributed by atoms with Gasteiger partial charge in [0.15, 0.2) is 0 Å². The fourth-order valence-electron chi connectivity index (χ4n) is 1.43. The lowest BCUT2D eigenvalue weighted by Gasteiger charge is -2.08. The fourth-order valence-corrected chi connectivity index (χ4v) is 1.89. The van der Waals surface area contributed by atoms with Gasteiger partial charge in [0.1, 0.15) is 0 Å². The molecule has 0 saturated heterocycles. The van der Waals surface area contributed by atoms with Crippen molar-refractivity contribution >= 4 is 27.5 Å². The summed E-state index contributed by atoms with van der Waals surface area (Å²) in [5, 5.41) is 2.84. The third kappa shape index (κ3) is 2.71. The lowest BCUT2D eigenvalue weighted by atomic mass is 10.2. The van der Waals surface area contributed by atoms with Gasteiger partial charge in [0.2, 0.25) is 0 Å². The SMILES string of the molecule is Cc1ccncc1NC(=O)c1ccccc1Br. The van der Waals surface area contributed by atoms with Crippen molar-refractivity contribution in [3.63, 3.8) is 0 Å². The number of anilines is 1. The molecule has 0 bridgehead atoms. The summed E-state index contributed by atoms with van der Waals surface area (Å²) in [6.07, 6.45) is 3.34. The van der Waals surface area contributed by atoms with Crippen LogP contribution in [0.15, 0.2) is 47.2 Å². The second-order valence-corrected chi connectivity index (χ2v) is 4.48. The van der Waals surface area contributed by atoms with Crippen molar-refractivity contribution in [3.05, 3.63) is 58.3 Å². The summed E-state index contributed by atoms with van der Waals surface area (Å²) < 4.78 is 0.777. The van der Waals surface area contributed by atoms with E-state index in [1.165, 1.54) is 0 Å². The number of halogens is 1. The average Bonchev–Trinajstić information content (AvgIpc) is 2.32. The molecule has 2 rings (SSSR count). The number of carbonyl (C=O) groups excluding carboxylic acids is 1. The van der Waals surface area contributed by atoms with E-state index in [9.17, 15) is 4.79 Å². The number of amides is 1. The Bertz CT molecular complexity index is 555. The van der Waals surface area contributed by atoms with E-state index in [-0.39, 0.29) is 5.91 Å². The van der Waals surface area contributed by atoms with Crippen LogP contribution in [0.4, 0.5) is 5.69 Å². The Hall–Kier alpha value is -1.68. The molecule has 0 spiro atoms. The van der Waals surface area contributed by atoms with E-state index in [0.29, 0.717) is 5.56 Å². The second kappa shape index (κ2) is 5.10. The molecule has 0 radical (unpaired) electrons. The summed E-state index contributed by atoms with van der Waals surface area (Å²) in [6.45, 7) is 1.93. The Morgan fingerprint density at radius 1 is 1.29 bits per heavy atom. The first-order valence-corrected chi connectivity index (χ1v) is 5.94. The Balaban J connectivity index is 2.24. The number of hydrogen-bond donors (Lipinski definition) is 1. The maximum Gasteiger partial charge on any atom is 0.256 e. The van der Waals surface area contributed by atoms with Crippen molar-refractivity contribution < 1.29 is 4.79 Å². The number of aryl methyl sites for hydroxylation is 1. The van der Waals surface area contributed by atoms with E-state index in [2.05, 4.69) is 26.2 Å². The first-order valence-electron chi connectivity index (χ1n) is 5.15. The monoisotopic (exact) mass is 290 g/mol. The maximum atomic E-state index is 12.0. The van der Waals surface area contributed by atoms with Gasteiger partial charge in [0.25, 0.3) is 5.91 Å². The first kappa shape index (κ1) is 11.8. The molecule has 1 amide bonds. The summed E-state index contributed by atoms with van der Waals surface area (Å²) >= 11 is 3.35. The Labute approximate surface area is 108 Å². The van der Waals surface area contributed by atoms with E-state index in [0.717, 1.165) is 15.7 Å². The van der Waals surface area contributed by atoms with Crippen LogP contribution >= 0.6 is 15.9 Å². The zero-order chi connectivity index (χ0) is 12.3. The van der Waals surface area contributed by atoms with Crippen LogP contribution in [0, 0.1) is 6.92 Å². The predicted molar refractivity (Wildman–Crippen MR) is 71.1 cm³/mol. The molecule has 1 aromatic heterocycles. The first-order chi connectivity index (χ1) is 8.18. The molecular formula is C13H11BrN2O. The number of benzene rings is 1. The molecule has 2 aromatic rings. The normalized spacial score (nSPS) is 10.0. The Morgan fingerprint density at radius 3 is 2.76 bits per heavy atom. The highest BCUT2D eigenvalue weighted by molar-refractivity contribution is 9.10. The minimum Gasteiger partial charge on any atom is -0.320 e. The lowest BCUT2D eigenvalue weighted by molar-refractivity contribution is 0.102. The number of pyridine rings is 1. The maximum absolute atomic E-state index is 12.0. The summed E-state index contributed by atoms with van der Waals surface area (Å²) in [6, 6.07) is 9.16. The molecular weight excluding hydrogens is 280 g/mol. The number of aromatic nitrogens is 1. The summed E-state index contributed by atoms with van der Waals surface area (Å²) in [4.78, 5) is 16.0. The Kier molecular flexibility index (Phi) is 3.54. The van der Waals surface area contributed by atoms with Crippen molar-refractivity contribution in [2.24, 2.45) is 0 Å². The quantitative estimate of drug-likeness (QED) is 0.921. The molecule has 0 saturated carbocycles. The van der Waals surface area contributed by atoms with Gasteiger partial charge in [0.05, 0.1) is 17.4 Å². The van der Waals surface area contributed by atoms with Crippen molar-refractivity contribution in [2.75, 3.05) is 5.32 Å². The van der Waals surface area contributed by atoms with Crippen LogP contribution in [0.1, 0.15) is 15.9 Å². The molecule has 3 nitrogen and oxygen atoms in total. The van der Waals surface area contributed by atoms with Crippen molar-refractivity contribution in [1.82, 2.24) is 4.98 Å². The van der Waals surface area contributed by atoms with Crippen molar-refractivity contribution in [3.8, 4) is 0 Å². The highest BCUT2D eigenvalue weighted by Gasteiger charge is 2.10. The van der Waals surface area contributed by atoms with Gasteiger partial charge in [-0.1, -0.05) is 12.1 Å². The van der Waals surface area contributed by atoms with Gasteiger partial charge in [-0.05, 0) is 46.6 Å². The highest BCUT2D eigenvalue weighted by atomic mass is 79.9. The number of nitrogens with zero attached hydrogens (tertiary/aromatic N) is 1. The van der Waals surface area contributed by atoms with Gasteiger partial charge < -0.3 is 5.32 Å². The van der Waals surface area contributed by atoms with Gasteiger partial charge in [-0.3, -0.25) is 9.78 Å². The van der Waals surface area contributed by atoms with Gasteiger partial charge >= 0.3 is 0 Å². The molecule has 1 N–H and O–H groups in total. The van der Waals surface area contributed by atoms with E-state index in [1.54, 1.807) is 18.5 Å². The molecule has 1 heterocycles. The van der Waals surface area contributed by atoms with Crippen molar-refractivity contribution in [1.29, 1.82) is 0 Å². The van der Waals surface area contributed by atoms with Gasteiger partial charge in [0, 0.05) is 10.7 Å². The van der Waals surface area contributed by atoms with Crippen LogP contribution in [-0.2, 0) is 0 Å². The number of nitrogens with one attached hydrogen (secondary N) is 1. The minimum atomic E-state index is -0.145. The number of rotatable bonds is 2. The number of hydrogen-bond acceptors (Lipinski definition) is 2. The van der Waals surface area contributed by atoms with Crippen LogP contribution in [0.25, 0.3) is 0 Å². The highest BCUT2D eigenvalue weighted by Crippen LogP contribution is 2.18. The molecule has 0 fully saturated rings. The van der Waals surface area contributed by atoms with Crippen LogP contribution in [0.2, 0.25) is 0 Å². The number of carbonyl (C=O) groups is 1. The second-order valence-electron chi connectivity index (χ2n) is 3.62. The fraction of sp³-hybridized carbons (Fsp3) is 0.0769. The Morgan fingerprint density at radius 2 is 2.06 bits per heavy atom.